The molecule has 0 saturated carbocycles. The fourth-order valence-electron chi connectivity index (χ4n) is 1.31. The molecule has 0 unspecified atom stereocenters. The molecule has 1 aromatic heterocycles. The number of carbonyl (C=O) groups excluding carboxylic acids is 1. The molecule has 2 aromatic rings. The Hall–Kier alpha value is -1.33. The molecule has 3 nitrogen and oxygen atoms in total. The third kappa shape index (κ3) is 3.31. The SMILES string of the molecule is CNC(=O)c1ccc(SCc2cscn2)cc1. The van der Waals surface area contributed by atoms with Crippen LogP contribution in [0.4, 0.5) is 0 Å². The van der Waals surface area contributed by atoms with Gasteiger partial charge in [-0.3, -0.25) is 4.79 Å². The topological polar surface area (TPSA) is 42.0 Å². The van der Waals surface area contributed by atoms with E-state index in [2.05, 4.69) is 10.3 Å². The summed E-state index contributed by atoms with van der Waals surface area (Å²) in [4.78, 5) is 16.7. The Labute approximate surface area is 108 Å². The summed E-state index contributed by atoms with van der Waals surface area (Å²) in [6.45, 7) is 0. The standard InChI is InChI=1S/C12H12N2OS2/c1-13-12(15)9-2-4-11(5-3-9)17-7-10-6-16-8-14-10/h2-6,8H,7H2,1H3,(H,13,15). The molecule has 1 amide bonds. The molecule has 0 bridgehead atoms. The minimum Gasteiger partial charge on any atom is -0.355 e. The van der Waals surface area contributed by atoms with Crippen LogP contribution in [0, 0.1) is 0 Å². The zero-order valence-electron chi connectivity index (χ0n) is 9.34. The Morgan fingerprint density at radius 2 is 2.18 bits per heavy atom. The van der Waals surface area contributed by atoms with Crippen molar-refractivity contribution in [3.63, 3.8) is 0 Å². The first-order valence-electron chi connectivity index (χ1n) is 5.11. The molecule has 88 valence electrons. The molecule has 1 heterocycles. The fraction of sp³-hybridized carbons (Fsp3) is 0.167. The van der Waals surface area contributed by atoms with E-state index in [9.17, 15) is 4.79 Å². The third-order valence-corrected chi connectivity index (χ3v) is 3.89. The summed E-state index contributed by atoms with van der Waals surface area (Å²) in [7, 11) is 1.63. The summed E-state index contributed by atoms with van der Waals surface area (Å²) in [6, 6.07) is 7.59. The maximum atomic E-state index is 11.3. The predicted molar refractivity (Wildman–Crippen MR) is 71.5 cm³/mol. The average molecular weight is 264 g/mol. The highest BCUT2D eigenvalue weighted by Gasteiger charge is 2.03. The van der Waals surface area contributed by atoms with Gasteiger partial charge in [-0.2, -0.15) is 0 Å². The van der Waals surface area contributed by atoms with Crippen molar-refractivity contribution in [2.75, 3.05) is 7.05 Å². The number of hydrogen-bond acceptors (Lipinski definition) is 4. The lowest BCUT2D eigenvalue weighted by Crippen LogP contribution is -2.17. The van der Waals surface area contributed by atoms with Crippen LogP contribution < -0.4 is 5.32 Å². The third-order valence-electron chi connectivity index (χ3n) is 2.21. The van der Waals surface area contributed by atoms with E-state index < -0.39 is 0 Å². The highest BCUT2D eigenvalue weighted by Crippen LogP contribution is 2.22. The van der Waals surface area contributed by atoms with E-state index >= 15 is 0 Å². The van der Waals surface area contributed by atoms with Gasteiger partial charge < -0.3 is 5.32 Å². The largest absolute Gasteiger partial charge is 0.355 e. The summed E-state index contributed by atoms with van der Waals surface area (Å²) in [6.07, 6.45) is 0. The van der Waals surface area contributed by atoms with Crippen molar-refractivity contribution in [2.45, 2.75) is 10.6 Å². The number of hydrogen-bond donors (Lipinski definition) is 1. The monoisotopic (exact) mass is 264 g/mol. The smallest absolute Gasteiger partial charge is 0.251 e. The summed E-state index contributed by atoms with van der Waals surface area (Å²) >= 11 is 3.33. The molecule has 1 aromatic carbocycles. The first-order chi connectivity index (χ1) is 8.29. The van der Waals surface area contributed by atoms with Crippen molar-refractivity contribution in [1.82, 2.24) is 10.3 Å². The van der Waals surface area contributed by atoms with Crippen LogP contribution in [0.3, 0.4) is 0 Å². The van der Waals surface area contributed by atoms with E-state index in [1.54, 1.807) is 30.1 Å². The molecule has 0 aliphatic carbocycles. The van der Waals surface area contributed by atoms with Gasteiger partial charge in [-0.05, 0) is 24.3 Å². The molecule has 0 spiro atoms. The van der Waals surface area contributed by atoms with Crippen molar-refractivity contribution >= 4 is 29.0 Å². The van der Waals surface area contributed by atoms with Gasteiger partial charge >= 0.3 is 0 Å². The number of rotatable bonds is 4. The molecule has 0 aliphatic rings. The van der Waals surface area contributed by atoms with Gasteiger partial charge in [0.1, 0.15) is 0 Å². The molecule has 0 aliphatic heterocycles. The maximum absolute atomic E-state index is 11.3. The Morgan fingerprint density at radius 1 is 1.41 bits per heavy atom. The summed E-state index contributed by atoms with van der Waals surface area (Å²) in [5.41, 5.74) is 3.62. The lowest BCUT2D eigenvalue weighted by Gasteiger charge is -2.02. The molecule has 2 rings (SSSR count). The van der Waals surface area contributed by atoms with Gasteiger partial charge in [-0.1, -0.05) is 0 Å². The van der Waals surface area contributed by atoms with E-state index in [1.807, 2.05) is 35.2 Å². The van der Waals surface area contributed by atoms with Crippen LogP contribution in [0.2, 0.25) is 0 Å². The van der Waals surface area contributed by atoms with Crippen molar-refractivity contribution in [2.24, 2.45) is 0 Å². The highest BCUT2D eigenvalue weighted by atomic mass is 32.2. The van der Waals surface area contributed by atoms with Crippen LogP contribution in [-0.2, 0) is 5.75 Å². The van der Waals surface area contributed by atoms with Gasteiger partial charge in [0.2, 0.25) is 0 Å². The molecule has 0 fully saturated rings. The van der Waals surface area contributed by atoms with E-state index in [-0.39, 0.29) is 5.91 Å². The molecule has 17 heavy (non-hydrogen) atoms. The zero-order valence-corrected chi connectivity index (χ0v) is 11.0. The number of benzene rings is 1. The minimum absolute atomic E-state index is 0.0546. The Kier molecular flexibility index (Phi) is 4.17. The summed E-state index contributed by atoms with van der Waals surface area (Å²) in [5, 5.41) is 4.65. The number of aromatic nitrogens is 1. The van der Waals surface area contributed by atoms with Gasteiger partial charge in [0.05, 0.1) is 11.2 Å². The number of thiazole rings is 1. The quantitative estimate of drug-likeness (QED) is 0.863. The van der Waals surface area contributed by atoms with Gasteiger partial charge in [0.25, 0.3) is 5.91 Å². The normalized spacial score (nSPS) is 10.2. The van der Waals surface area contributed by atoms with E-state index in [4.69, 9.17) is 0 Å². The highest BCUT2D eigenvalue weighted by molar-refractivity contribution is 7.98. The Bertz CT molecular complexity index is 480. The lowest BCUT2D eigenvalue weighted by molar-refractivity contribution is 0.0963. The molecule has 1 N–H and O–H groups in total. The first-order valence-corrected chi connectivity index (χ1v) is 7.04. The second-order valence-corrected chi connectivity index (χ2v) is 5.14. The molecule has 5 heteroatoms. The van der Waals surface area contributed by atoms with Crippen LogP contribution in [0.1, 0.15) is 16.1 Å². The number of nitrogens with one attached hydrogen (secondary N) is 1. The first kappa shape index (κ1) is 12.1. The van der Waals surface area contributed by atoms with E-state index in [1.165, 1.54) is 0 Å². The molecule has 0 radical (unpaired) electrons. The number of amides is 1. The van der Waals surface area contributed by atoms with Gasteiger partial charge in [-0.15, -0.1) is 23.1 Å². The summed E-state index contributed by atoms with van der Waals surface area (Å²) in [5.74, 6) is 0.809. The minimum atomic E-state index is -0.0546. The number of nitrogens with zero attached hydrogens (tertiary/aromatic N) is 1. The van der Waals surface area contributed by atoms with Crippen LogP contribution in [0.25, 0.3) is 0 Å². The average Bonchev–Trinajstić information content (AvgIpc) is 2.89. The van der Waals surface area contributed by atoms with Gasteiger partial charge in [-0.25, -0.2) is 4.98 Å². The maximum Gasteiger partial charge on any atom is 0.251 e. The Morgan fingerprint density at radius 3 is 2.76 bits per heavy atom. The molecular weight excluding hydrogens is 252 g/mol. The van der Waals surface area contributed by atoms with Gasteiger partial charge in [0.15, 0.2) is 0 Å². The van der Waals surface area contributed by atoms with Crippen LogP contribution in [0.5, 0.6) is 0 Å². The number of thioether (sulfide) groups is 1. The molecular formula is C12H12N2OS2. The van der Waals surface area contributed by atoms with Crippen LogP contribution >= 0.6 is 23.1 Å². The zero-order chi connectivity index (χ0) is 12.1. The van der Waals surface area contributed by atoms with Gasteiger partial charge in [0, 0.05) is 28.6 Å². The van der Waals surface area contributed by atoms with Crippen molar-refractivity contribution in [3.8, 4) is 0 Å². The van der Waals surface area contributed by atoms with E-state index in [0.29, 0.717) is 5.56 Å². The Balaban J connectivity index is 1.96. The van der Waals surface area contributed by atoms with Crippen LogP contribution in [0.15, 0.2) is 40.1 Å². The lowest BCUT2D eigenvalue weighted by atomic mass is 10.2. The molecule has 0 saturated heterocycles. The predicted octanol–water partition coefficient (Wildman–Crippen LogP) is 2.80. The fourth-order valence-corrected chi connectivity index (χ4v) is 2.78. The molecule has 0 atom stereocenters. The van der Waals surface area contributed by atoms with Crippen molar-refractivity contribution in [3.05, 3.63) is 46.4 Å². The van der Waals surface area contributed by atoms with Crippen molar-refractivity contribution < 1.29 is 4.79 Å². The van der Waals surface area contributed by atoms with E-state index in [0.717, 1.165) is 16.3 Å². The summed E-state index contributed by atoms with van der Waals surface area (Å²) < 4.78 is 0. The number of carbonyl (C=O) groups is 1. The second kappa shape index (κ2) is 5.84. The van der Waals surface area contributed by atoms with Crippen LogP contribution in [-0.4, -0.2) is 17.9 Å². The van der Waals surface area contributed by atoms with Crippen molar-refractivity contribution in [1.29, 1.82) is 0 Å². The second-order valence-electron chi connectivity index (χ2n) is 3.37.